The Hall–Kier alpha value is -0.200. The van der Waals surface area contributed by atoms with Gasteiger partial charge in [-0.3, -0.25) is 4.68 Å². The lowest BCUT2D eigenvalue weighted by Crippen LogP contribution is -2.30. The van der Waals surface area contributed by atoms with Crippen LogP contribution < -0.4 is 0 Å². The van der Waals surface area contributed by atoms with E-state index >= 15 is 0 Å². The van der Waals surface area contributed by atoms with Crippen molar-refractivity contribution in [3.8, 4) is 0 Å². The second kappa shape index (κ2) is 2.79. The van der Waals surface area contributed by atoms with Crippen molar-refractivity contribution in [1.82, 2.24) is 9.78 Å². The fourth-order valence-electron chi connectivity index (χ4n) is 2.63. The van der Waals surface area contributed by atoms with Gasteiger partial charge in [-0.15, -0.1) is 0 Å². The van der Waals surface area contributed by atoms with Crippen molar-refractivity contribution in [3.63, 3.8) is 0 Å². The Labute approximate surface area is 107 Å². The number of alkyl halides is 2. The second-order valence-corrected chi connectivity index (χ2v) is 6.73. The Bertz CT molecular complexity index is 473. The lowest BCUT2D eigenvalue weighted by Gasteiger charge is -2.25. The minimum Gasteiger partial charge on any atom is -0.257 e. The monoisotopic (exact) mass is 338 g/mol. The summed E-state index contributed by atoms with van der Waals surface area (Å²) in [6.07, 6.45) is 0.631. The van der Waals surface area contributed by atoms with Gasteiger partial charge in [0.25, 0.3) is 5.92 Å². The van der Waals surface area contributed by atoms with E-state index in [1.54, 1.807) is 0 Å². The second-order valence-electron chi connectivity index (χ2n) is 5.71. The first-order valence-electron chi connectivity index (χ1n) is 5.41. The highest BCUT2D eigenvalue weighted by molar-refractivity contribution is 14.1. The van der Waals surface area contributed by atoms with Crippen molar-refractivity contribution in [2.45, 2.75) is 44.6 Å². The fraction of sp³-hybridized carbons (Fsp3) is 0.727. The summed E-state index contributed by atoms with van der Waals surface area (Å²) in [6.45, 7) is 5.74. The van der Waals surface area contributed by atoms with E-state index < -0.39 is 11.8 Å². The zero-order chi connectivity index (χ0) is 11.9. The van der Waals surface area contributed by atoms with Crippen molar-refractivity contribution in [1.29, 1.82) is 0 Å². The smallest absolute Gasteiger partial charge is 0.257 e. The maximum atomic E-state index is 14.1. The minimum atomic E-state index is -2.68. The van der Waals surface area contributed by atoms with Crippen LogP contribution in [0.15, 0.2) is 0 Å². The molecule has 0 aromatic carbocycles. The van der Waals surface area contributed by atoms with E-state index in [0.29, 0.717) is 6.42 Å². The van der Waals surface area contributed by atoms with Crippen LogP contribution in [0.5, 0.6) is 0 Å². The number of halogens is 3. The molecule has 3 rings (SSSR count). The Balaban J connectivity index is 2.26. The molecular weight excluding hydrogens is 325 g/mol. The molecule has 0 amide bonds. The Morgan fingerprint density at radius 2 is 2.06 bits per heavy atom. The maximum absolute atomic E-state index is 14.1. The van der Waals surface area contributed by atoms with Gasteiger partial charge in [0, 0.05) is 11.5 Å². The van der Waals surface area contributed by atoms with Crippen LogP contribution in [-0.2, 0) is 11.5 Å². The molecule has 1 saturated carbocycles. The van der Waals surface area contributed by atoms with Crippen LogP contribution in [0.1, 0.15) is 44.4 Å². The molecule has 0 bridgehead atoms. The van der Waals surface area contributed by atoms with Crippen LogP contribution in [0.25, 0.3) is 0 Å². The molecule has 16 heavy (non-hydrogen) atoms. The van der Waals surface area contributed by atoms with Crippen LogP contribution in [0.3, 0.4) is 0 Å². The molecule has 0 radical (unpaired) electrons. The first kappa shape index (κ1) is 10.9. The molecule has 2 aliphatic rings. The lowest BCUT2D eigenvalue weighted by atomic mass is 10.1. The van der Waals surface area contributed by atoms with E-state index in [2.05, 4.69) is 27.7 Å². The molecule has 0 N–H and O–H groups in total. The van der Waals surface area contributed by atoms with Crippen molar-refractivity contribution in [2.24, 2.45) is 5.92 Å². The van der Waals surface area contributed by atoms with Gasteiger partial charge in [0.05, 0.1) is 5.54 Å². The van der Waals surface area contributed by atoms with Gasteiger partial charge in [0.2, 0.25) is 0 Å². The summed E-state index contributed by atoms with van der Waals surface area (Å²) in [6, 6.07) is 0. The van der Waals surface area contributed by atoms with Crippen LogP contribution in [-0.4, -0.2) is 9.78 Å². The van der Waals surface area contributed by atoms with E-state index in [1.165, 1.54) is 4.68 Å². The Morgan fingerprint density at radius 1 is 1.44 bits per heavy atom. The topological polar surface area (TPSA) is 17.8 Å². The summed E-state index contributed by atoms with van der Waals surface area (Å²) < 4.78 is 30.5. The zero-order valence-electron chi connectivity index (χ0n) is 9.39. The normalized spacial score (nSPS) is 30.1. The Kier molecular flexibility index (Phi) is 1.90. The maximum Gasteiger partial charge on any atom is 0.293 e. The zero-order valence-corrected chi connectivity index (χ0v) is 11.5. The molecule has 5 heteroatoms. The average Bonchev–Trinajstić information content (AvgIpc) is 2.76. The van der Waals surface area contributed by atoms with E-state index in [4.69, 9.17) is 0 Å². The van der Waals surface area contributed by atoms with Crippen molar-refractivity contribution < 1.29 is 8.78 Å². The summed E-state index contributed by atoms with van der Waals surface area (Å²) in [5.41, 5.74) is 0.601. The molecule has 0 aliphatic heterocycles. The highest BCUT2D eigenvalue weighted by atomic mass is 127. The number of aromatic nitrogens is 2. The summed E-state index contributed by atoms with van der Waals surface area (Å²) in [4.78, 5) is 0. The van der Waals surface area contributed by atoms with Gasteiger partial charge in [-0.05, 0) is 55.7 Å². The standard InChI is InChI=1S/C11H13F2IN2/c1-10(2,3)16-8-7(9(14)15-16)5-4-6(5)11(8,12)13/h5-6H,4H2,1-3H3/t5-,6?/m0/s1. The number of hydrogen-bond acceptors (Lipinski definition) is 1. The number of rotatable bonds is 0. The van der Waals surface area contributed by atoms with Gasteiger partial charge in [-0.1, -0.05) is 0 Å². The Morgan fingerprint density at radius 3 is 2.62 bits per heavy atom. The molecule has 2 nitrogen and oxygen atoms in total. The number of fused-ring (bicyclic) bond motifs is 3. The molecular formula is C11H13F2IN2. The fourth-order valence-corrected chi connectivity index (χ4v) is 3.50. The highest BCUT2D eigenvalue weighted by Crippen LogP contribution is 2.67. The van der Waals surface area contributed by atoms with E-state index in [9.17, 15) is 8.78 Å². The van der Waals surface area contributed by atoms with Crippen molar-refractivity contribution in [3.05, 3.63) is 15.0 Å². The lowest BCUT2D eigenvalue weighted by molar-refractivity contribution is -0.0342. The first-order valence-corrected chi connectivity index (χ1v) is 6.49. The molecule has 1 heterocycles. The quantitative estimate of drug-likeness (QED) is 0.663. The summed E-state index contributed by atoms with van der Waals surface area (Å²) in [7, 11) is 0. The van der Waals surface area contributed by atoms with Gasteiger partial charge in [-0.2, -0.15) is 13.9 Å². The van der Waals surface area contributed by atoms with Gasteiger partial charge >= 0.3 is 0 Å². The van der Waals surface area contributed by atoms with Crippen molar-refractivity contribution in [2.75, 3.05) is 0 Å². The number of nitrogens with zero attached hydrogens (tertiary/aromatic N) is 2. The minimum absolute atomic E-state index is 0.0630. The van der Waals surface area contributed by atoms with Crippen LogP contribution in [0.2, 0.25) is 0 Å². The molecule has 0 saturated heterocycles. The van der Waals surface area contributed by atoms with Gasteiger partial charge in [0.15, 0.2) is 0 Å². The first-order chi connectivity index (χ1) is 7.24. The van der Waals surface area contributed by atoms with Crippen molar-refractivity contribution >= 4 is 22.6 Å². The third-order valence-corrected chi connectivity index (χ3v) is 4.25. The molecule has 1 fully saturated rings. The van der Waals surface area contributed by atoms with E-state index in [0.717, 1.165) is 9.26 Å². The molecule has 2 atom stereocenters. The van der Waals surface area contributed by atoms with Gasteiger partial charge in [-0.25, -0.2) is 0 Å². The third-order valence-electron chi connectivity index (χ3n) is 3.46. The molecule has 1 unspecified atom stereocenters. The summed E-state index contributed by atoms with van der Waals surface area (Å²) in [5.74, 6) is -3.07. The predicted octanol–water partition coefficient (Wildman–Crippen LogP) is 3.45. The molecule has 88 valence electrons. The largest absolute Gasteiger partial charge is 0.293 e. The SMILES string of the molecule is CC(C)(C)n1nc(I)c2c1C(F)(F)C1C[C@H]21. The molecule has 0 spiro atoms. The molecule has 1 aromatic heterocycles. The van der Waals surface area contributed by atoms with E-state index in [-0.39, 0.29) is 17.2 Å². The van der Waals surface area contributed by atoms with E-state index in [1.807, 2.05) is 20.8 Å². The van der Waals surface area contributed by atoms with Gasteiger partial charge in [0.1, 0.15) is 9.39 Å². The highest BCUT2D eigenvalue weighted by Gasteiger charge is 2.67. The average molecular weight is 338 g/mol. The van der Waals surface area contributed by atoms with Crippen LogP contribution in [0.4, 0.5) is 8.78 Å². The molecule has 2 aliphatic carbocycles. The summed E-state index contributed by atoms with van der Waals surface area (Å²) >= 11 is 2.08. The van der Waals surface area contributed by atoms with Crippen LogP contribution in [0, 0.1) is 9.62 Å². The van der Waals surface area contributed by atoms with Crippen LogP contribution >= 0.6 is 22.6 Å². The molecule has 1 aromatic rings. The summed E-state index contributed by atoms with van der Waals surface area (Å²) in [5, 5.41) is 4.30. The predicted molar refractivity (Wildman–Crippen MR) is 64.7 cm³/mol. The number of hydrogen-bond donors (Lipinski definition) is 0. The van der Waals surface area contributed by atoms with Gasteiger partial charge < -0.3 is 0 Å². The third kappa shape index (κ3) is 1.18.